The van der Waals surface area contributed by atoms with Gasteiger partial charge in [0.15, 0.2) is 5.13 Å². The highest BCUT2D eigenvalue weighted by molar-refractivity contribution is 7.14. The van der Waals surface area contributed by atoms with Gasteiger partial charge in [-0.05, 0) is 0 Å². The lowest BCUT2D eigenvalue weighted by atomic mass is 10.4. The zero-order valence-electron chi connectivity index (χ0n) is 11.0. The molecule has 1 rings (SSSR count). The number of carbonyl (C=O) groups excluding carboxylic acids is 2. The summed E-state index contributed by atoms with van der Waals surface area (Å²) in [5.74, 6) is -1.60. The fraction of sp³-hybridized carbons (Fsp3) is 0.400. The molecule has 0 aromatic carbocycles. The van der Waals surface area contributed by atoms with Crippen molar-refractivity contribution >= 4 is 75.1 Å². The van der Waals surface area contributed by atoms with Gasteiger partial charge in [0.2, 0.25) is 9.70 Å². The molecule has 0 saturated heterocycles. The predicted octanol–water partition coefficient (Wildman–Crippen LogP) is 2.50. The fourth-order valence-corrected chi connectivity index (χ4v) is 2.06. The van der Waals surface area contributed by atoms with Crippen LogP contribution in [0.3, 0.4) is 0 Å². The lowest BCUT2D eigenvalue weighted by Crippen LogP contribution is -2.34. The first-order valence-corrected chi connectivity index (χ1v) is 7.56. The Balaban J connectivity index is 2.68. The average molecular weight is 391 g/mol. The van der Waals surface area contributed by atoms with Crippen molar-refractivity contribution < 1.29 is 24.2 Å². The predicted molar refractivity (Wildman–Crippen MR) is 83.0 cm³/mol. The number of anilines is 2. The van der Waals surface area contributed by atoms with Crippen LogP contribution in [0.4, 0.5) is 15.7 Å². The van der Waals surface area contributed by atoms with E-state index < -0.39 is 34.9 Å². The molecule has 0 spiro atoms. The normalized spacial score (nSPS) is 10.9. The number of hydrogen-bond donors (Lipinski definition) is 2. The number of halogens is 3. The average Bonchev–Trinajstić information content (AvgIpc) is 2.80. The molecule has 1 heterocycles. The Morgan fingerprint density at radius 1 is 1.45 bits per heavy atom. The van der Waals surface area contributed by atoms with Gasteiger partial charge in [0.25, 0.3) is 0 Å². The lowest BCUT2D eigenvalue weighted by Gasteiger charge is -2.15. The van der Waals surface area contributed by atoms with E-state index in [9.17, 15) is 14.4 Å². The summed E-state index contributed by atoms with van der Waals surface area (Å²) in [7, 11) is 0. The number of aromatic nitrogens is 1. The first-order chi connectivity index (χ1) is 10.1. The van der Waals surface area contributed by atoms with E-state index in [4.69, 9.17) is 39.9 Å². The second-order valence-corrected chi connectivity index (χ2v) is 7.20. The Morgan fingerprint density at radius 3 is 2.59 bits per heavy atom. The topological polar surface area (TPSA) is 109 Å². The monoisotopic (exact) mass is 389 g/mol. The van der Waals surface area contributed by atoms with Crippen molar-refractivity contribution in [1.29, 1.82) is 0 Å². The largest absolute Gasteiger partial charge is 0.480 e. The number of carboxylic acid groups (broad SMARTS) is 1. The third-order valence-corrected chi connectivity index (χ3v) is 3.09. The molecule has 2 N–H and O–H groups in total. The molecule has 122 valence electrons. The van der Waals surface area contributed by atoms with Crippen LogP contribution in [-0.2, 0) is 14.3 Å². The summed E-state index contributed by atoms with van der Waals surface area (Å²) in [6.07, 6.45) is -0.903. The van der Waals surface area contributed by atoms with Crippen LogP contribution in [-0.4, -0.2) is 45.0 Å². The highest BCUT2D eigenvalue weighted by Gasteiger charge is 2.23. The summed E-state index contributed by atoms with van der Waals surface area (Å²) in [6.45, 7) is 0.196. The summed E-state index contributed by atoms with van der Waals surface area (Å²) in [5.41, 5.74) is 0. The first-order valence-electron chi connectivity index (χ1n) is 5.54. The van der Waals surface area contributed by atoms with E-state index >= 15 is 0 Å². The van der Waals surface area contributed by atoms with Crippen molar-refractivity contribution in [3.63, 3.8) is 0 Å². The van der Waals surface area contributed by atoms with Crippen molar-refractivity contribution in [2.45, 2.75) is 10.7 Å². The SMILES string of the molecule is CC(=O)N(CC(=O)O)c1csc(NC(=O)OCC(Cl)(Cl)Cl)n1. The van der Waals surface area contributed by atoms with Crippen LogP contribution in [0.15, 0.2) is 5.38 Å². The second-order valence-electron chi connectivity index (χ2n) is 3.83. The number of ether oxygens (including phenoxy) is 1. The molecule has 1 aromatic rings. The van der Waals surface area contributed by atoms with E-state index in [0.29, 0.717) is 0 Å². The summed E-state index contributed by atoms with van der Waals surface area (Å²) in [6, 6.07) is 0. The molecule has 2 amide bonds. The van der Waals surface area contributed by atoms with Crippen molar-refractivity contribution in [2.24, 2.45) is 0 Å². The quantitative estimate of drug-likeness (QED) is 0.748. The summed E-state index contributed by atoms with van der Waals surface area (Å²) in [5, 5.41) is 12.5. The number of carboxylic acids is 1. The number of amides is 2. The van der Waals surface area contributed by atoms with E-state index in [1.165, 1.54) is 12.3 Å². The smallest absolute Gasteiger partial charge is 0.413 e. The summed E-state index contributed by atoms with van der Waals surface area (Å²) >= 11 is 17.2. The van der Waals surface area contributed by atoms with Crippen molar-refractivity contribution in [2.75, 3.05) is 23.4 Å². The number of aliphatic carboxylic acids is 1. The molecule has 0 aliphatic heterocycles. The van der Waals surface area contributed by atoms with Crippen LogP contribution in [0, 0.1) is 0 Å². The fourth-order valence-electron chi connectivity index (χ4n) is 1.21. The van der Waals surface area contributed by atoms with Crippen LogP contribution in [0.2, 0.25) is 0 Å². The summed E-state index contributed by atoms with van der Waals surface area (Å²) < 4.78 is 2.90. The number of rotatable bonds is 5. The molecule has 0 aliphatic carbocycles. The van der Waals surface area contributed by atoms with Gasteiger partial charge in [-0.2, -0.15) is 0 Å². The molecule has 0 fully saturated rings. The Bertz CT molecular complexity index is 574. The molecular formula is C10H10Cl3N3O5S. The minimum Gasteiger partial charge on any atom is -0.480 e. The highest BCUT2D eigenvalue weighted by atomic mass is 35.6. The third-order valence-electron chi connectivity index (χ3n) is 2.02. The van der Waals surface area contributed by atoms with E-state index in [0.717, 1.165) is 16.2 Å². The van der Waals surface area contributed by atoms with Gasteiger partial charge in [0, 0.05) is 12.3 Å². The molecule has 0 aliphatic rings. The Morgan fingerprint density at radius 2 is 2.09 bits per heavy atom. The molecular weight excluding hydrogens is 381 g/mol. The van der Waals surface area contributed by atoms with E-state index in [-0.39, 0.29) is 10.9 Å². The number of nitrogens with zero attached hydrogens (tertiary/aromatic N) is 2. The maximum Gasteiger partial charge on any atom is 0.413 e. The molecule has 1 aromatic heterocycles. The second kappa shape index (κ2) is 7.82. The van der Waals surface area contributed by atoms with Gasteiger partial charge in [-0.25, -0.2) is 9.78 Å². The molecule has 12 heteroatoms. The van der Waals surface area contributed by atoms with E-state index in [2.05, 4.69) is 15.0 Å². The highest BCUT2D eigenvalue weighted by Crippen LogP contribution is 2.26. The maximum absolute atomic E-state index is 11.4. The molecule has 0 saturated carbocycles. The van der Waals surface area contributed by atoms with Gasteiger partial charge in [0.05, 0.1) is 0 Å². The van der Waals surface area contributed by atoms with E-state index in [1.54, 1.807) is 0 Å². The third kappa shape index (κ3) is 6.65. The maximum atomic E-state index is 11.4. The van der Waals surface area contributed by atoms with Gasteiger partial charge < -0.3 is 9.84 Å². The van der Waals surface area contributed by atoms with Crippen LogP contribution < -0.4 is 10.2 Å². The molecule has 0 atom stereocenters. The van der Waals surface area contributed by atoms with Crippen molar-refractivity contribution in [1.82, 2.24) is 4.98 Å². The van der Waals surface area contributed by atoms with Gasteiger partial charge in [-0.1, -0.05) is 34.8 Å². The number of alkyl halides is 3. The van der Waals surface area contributed by atoms with Gasteiger partial charge in [-0.3, -0.25) is 19.8 Å². The Kier molecular flexibility index (Phi) is 6.66. The Labute approximate surface area is 143 Å². The number of carbonyl (C=O) groups is 3. The standard InChI is InChI=1S/C10H10Cl3N3O5S/c1-5(17)16(2-7(18)19)6-3-22-8(14-6)15-9(20)21-4-10(11,12)13/h3H,2,4H2,1H3,(H,18,19)(H,14,15,20). The molecule has 0 unspecified atom stereocenters. The zero-order valence-corrected chi connectivity index (χ0v) is 14.1. The molecule has 8 nitrogen and oxygen atoms in total. The number of thiazole rings is 1. The van der Waals surface area contributed by atoms with Crippen LogP contribution in [0.1, 0.15) is 6.92 Å². The zero-order chi connectivity index (χ0) is 16.9. The first kappa shape index (κ1) is 18.8. The molecule has 22 heavy (non-hydrogen) atoms. The van der Waals surface area contributed by atoms with Crippen LogP contribution in [0.5, 0.6) is 0 Å². The number of nitrogens with one attached hydrogen (secondary N) is 1. The summed E-state index contributed by atoms with van der Waals surface area (Å²) in [4.78, 5) is 38.4. The minimum atomic E-state index is -1.74. The van der Waals surface area contributed by atoms with E-state index in [1.807, 2.05) is 0 Å². The lowest BCUT2D eigenvalue weighted by molar-refractivity contribution is -0.136. The van der Waals surface area contributed by atoms with Crippen LogP contribution >= 0.6 is 46.1 Å². The van der Waals surface area contributed by atoms with Crippen molar-refractivity contribution in [3.05, 3.63) is 5.38 Å². The van der Waals surface area contributed by atoms with Gasteiger partial charge in [0.1, 0.15) is 19.0 Å². The van der Waals surface area contributed by atoms with Gasteiger partial charge >= 0.3 is 12.1 Å². The molecule has 0 bridgehead atoms. The number of hydrogen-bond acceptors (Lipinski definition) is 6. The van der Waals surface area contributed by atoms with Crippen LogP contribution in [0.25, 0.3) is 0 Å². The minimum absolute atomic E-state index is 0.0941. The van der Waals surface area contributed by atoms with Crippen molar-refractivity contribution in [3.8, 4) is 0 Å². The Hall–Kier alpha value is -1.29. The molecule has 0 radical (unpaired) electrons. The van der Waals surface area contributed by atoms with Gasteiger partial charge in [-0.15, -0.1) is 11.3 Å².